The van der Waals surface area contributed by atoms with E-state index in [2.05, 4.69) is 5.32 Å². The molecule has 104 valence electrons. The molecule has 1 aromatic rings. The van der Waals surface area contributed by atoms with Gasteiger partial charge in [0, 0.05) is 18.2 Å². The highest BCUT2D eigenvalue weighted by Crippen LogP contribution is 2.28. The number of amides is 1. The topological polar surface area (TPSA) is 64.3 Å². The van der Waals surface area contributed by atoms with E-state index in [1.54, 1.807) is 25.3 Å². The van der Waals surface area contributed by atoms with Crippen LogP contribution in [0.1, 0.15) is 38.5 Å². The van der Waals surface area contributed by atoms with Crippen molar-refractivity contribution in [2.75, 3.05) is 18.2 Å². The summed E-state index contributed by atoms with van der Waals surface area (Å²) in [7, 11) is 1.57. The Hall–Kier alpha value is -1.71. The molecule has 4 heteroatoms. The van der Waals surface area contributed by atoms with Gasteiger partial charge in [0.15, 0.2) is 0 Å². The molecule has 3 N–H and O–H groups in total. The van der Waals surface area contributed by atoms with Crippen LogP contribution in [0.15, 0.2) is 18.2 Å². The van der Waals surface area contributed by atoms with Crippen molar-refractivity contribution in [1.29, 1.82) is 0 Å². The quantitative estimate of drug-likeness (QED) is 0.819. The van der Waals surface area contributed by atoms with Crippen molar-refractivity contribution >= 4 is 17.3 Å². The van der Waals surface area contributed by atoms with Gasteiger partial charge in [-0.25, -0.2) is 0 Å². The van der Waals surface area contributed by atoms with E-state index in [1.165, 1.54) is 32.1 Å². The third-order valence-electron chi connectivity index (χ3n) is 3.72. The van der Waals surface area contributed by atoms with Gasteiger partial charge < -0.3 is 15.8 Å². The van der Waals surface area contributed by atoms with Gasteiger partial charge in [-0.05, 0) is 30.9 Å². The standard InChI is InChI=1S/C15H22N2O2/c1-19-14-10-12(7-8-13(14)16)17-15(18)9-11-5-3-2-4-6-11/h7-8,10-11H,2-6,9,16H2,1H3,(H,17,18). The van der Waals surface area contributed by atoms with E-state index in [-0.39, 0.29) is 5.91 Å². The Morgan fingerprint density at radius 1 is 1.37 bits per heavy atom. The van der Waals surface area contributed by atoms with Gasteiger partial charge in [0.1, 0.15) is 5.75 Å². The first-order chi connectivity index (χ1) is 9.19. The first-order valence-electron chi connectivity index (χ1n) is 6.92. The number of anilines is 2. The predicted octanol–water partition coefficient (Wildman–Crippen LogP) is 3.19. The maximum atomic E-state index is 12.0. The molecule has 0 spiro atoms. The Bertz CT molecular complexity index is 440. The Morgan fingerprint density at radius 2 is 2.11 bits per heavy atom. The van der Waals surface area contributed by atoms with E-state index < -0.39 is 0 Å². The number of rotatable bonds is 4. The SMILES string of the molecule is COc1cc(NC(=O)CC2CCCCC2)ccc1N. The van der Waals surface area contributed by atoms with E-state index in [0.717, 1.165) is 5.69 Å². The van der Waals surface area contributed by atoms with E-state index in [1.807, 2.05) is 0 Å². The predicted molar refractivity (Wildman–Crippen MR) is 77.2 cm³/mol. The van der Waals surface area contributed by atoms with Crippen LogP contribution in [0.2, 0.25) is 0 Å². The van der Waals surface area contributed by atoms with Crippen LogP contribution in [0, 0.1) is 5.92 Å². The van der Waals surface area contributed by atoms with E-state index in [9.17, 15) is 4.79 Å². The fraction of sp³-hybridized carbons (Fsp3) is 0.533. The van der Waals surface area contributed by atoms with Gasteiger partial charge in [-0.2, -0.15) is 0 Å². The minimum absolute atomic E-state index is 0.0822. The molecular weight excluding hydrogens is 240 g/mol. The molecule has 19 heavy (non-hydrogen) atoms. The lowest BCUT2D eigenvalue weighted by Crippen LogP contribution is -2.18. The molecule has 1 aromatic carbocycles. The van der Waals surface area contributed by atoms with Crippen molar-refractivity contribution < 1.29 is 9.53 Å². The number of nitrogens with one attached hydrogen (secondary N) is 1. The molecule has 0 aromatic heterocycles. The number of benzene rings is 1. The van der Waals surface area contributed by atoms with Crippen molar-refractivity contribution in [2.45, 2.75) is 38.5 Å². The summed E-state index contributed by atoms with van der Waals surface area (Å²) in [6.07, 6.45) is 6.80. The number of carbonyl (C=O) groups is 1. The first-order valence-corrected chi connectivity index (χ1v) is 6.92. The summed E-state index contributed by atoms with van der Waals surface area (Å²) in [6.45, 7) is 0. The zero-order chi connectivity index (χ0) is 13.7. The molecule has 1 fully saturated rings. The summed E-state index contributed by atoms with van der Waals surface area (Å²) < 4.78 is 5.14. The van der Waals surface area contributed by atoms with Crippen molar-refractivity contribution in [2.24, 2.45) is 5.92 Å². The monoisotopic (exact) mass is 262 g/mol. The lowest BCUT2D eigenvalue weighted by atomic mass is 9.87. The van der Waals surface area contributed by atoms with E-state index >= 15 is 0 Å². The second kappa shape index (κ2) is 6.45. The van der Waals surface area contributed by atoms with Crippen molar-refractivity contribution in [1.82, 2.24) is 0 Å². The smallest absolute Gasteiger partial charge is 0.224 e. The Balaban J connectivity index is 1.90. The molecular formula is C15H22N2O2. The van der Waals surface area contributed by atoms with Gasteiger partial charge in [-0.15, -0.1) is 0 Å². The highest BCUT2D eigenvalue weighted by molar-refractivity contribution is 5.91. The van der Waals surface area contributed by atoms with Gasteiger partial charge in [0.2, 0.25) is 5.91 Å². The molecule has 1 aliphatic rings. The average molecular weight is 262 g/mol. The molecule has 0 bridgehead atoms. The molecule has 0 aliphatic heterocycles. The lowest BCUT2D eigenvalue weighted by Gasteiger charge is -2.20. The number of ether oxygens (including phenoxy) is 1. The summed E-state index contributed by atoms with van der Waals surface area (Å²) in [5, 5.41) is 2.92. The van der Waals surface area contributed by atoms with Gasteiger partial charge in [0.25, 0.3) is 0 Å². The van der Waals surface area contributed by atoms with Gasteiger partial charge in [-0.1, -0.05) is 19.3 Å². The molecule has 1 saturated carbocycles. The minimum Gasteiger partial charge on any atom is -0.495 e. The highest BCUT2D eigenvalue weighted by atomic mass is 16.5. The summed E-state index contributed by atoms with van der Waals surface area (Å²) in [6, 6.07) is 5.31. The van der Waals surface area contributed by atoms with Crippen LogP contribution in [0.3, 0.4) is 0 Å². The average Bonchev–Trinajstić information content (AvgIpc) is 2.42. The number of hydrogen-bond donors (Lipinski definition) is 2. The molecule has 2 rings (SSSR count). The number of nitrogens with two attached hydrogens (primary N) is 1. The van der Waals surface area contributed by atoms with Crippen molar-refractivity contribution in [3.63, 3.8) is 0 Å². The van der Waals surface area contributed by atoms with Crippen molar-refractivity contribution in [3.05, 3.63) is 18.2 Å². The van der Waals surface area contributed by atoms with Crippen LogP contribution in [-0.2, 0) is 4.79 Å². The Kier molecular flexibility index (Phi) is 4.66. The lowest BCUT2D eigenvalue weighted by molar-refractivity contribution is -0.117. The summed E-state index contributed by atoms with van der Waals surface area (Å²) >= 11 is 0. The van der Waals surface area contributed by atoms with Crippen LogP contribution >= 0.6 is 0 Å². The Labute approximate surface area is 114 Å². The summed E-state index contributed by atoms with van der Waals surface area (Å²) in [5.41, 5.74) is 7.06. The van der Waals surface area contributed by atoms with Crippen LogP contribution in [0.25, 0.3) is 0 Å². The maximum absolute atomic E-state index is 12.0. The third kappa shape index (κ3) is 3.88. The molecule has 0 atom stereocenters. The zero-order valence-corrected chi connectivity index (χ0v) is 11.4. The van der Waals surface area contributed by atoms with Gasteiger partial charge in [-0.3, -0.25) is 4.79 Å². The summed E-state index contributed by atoms with van der Waals surface area (Å²) in [4.78, 5) is 12.0. The normalized spacial score (nSPS) is 16.1. The molecule has 0 radical (unpaired) electrons. The third-order valence-corrected chi connectivity index (χ3v) is 3.72. The van der Waals surface area contributed by atoms with Crippen LogP contribution in [0.4, 0.5) is 11.4 Å². The fourth-order valence-electron chi connectivity index (χ4n) is 2.65. The molecule has 0 heterocycles. The number of methoxy groups -OCH3 is 1. The molecule has 0 unspecified atom stereocenters. The van der Waals surface area contributed by atoms with E-state index in [4.69, 9.17) is 10.5 Å². The van der Waals surface area contributed by atoms with Crippen LogP contribution < -0.4 is 15.8 Å². The molecule has 1 aliphatic carbocycles. The minimum atomic E-state index is 0.0822. The maximum Gasteiger partial charge on any atom is 0.224 e. The number of nitrogen functional groups attached to an aromatic ring is 1. The van der Waals surface area contributed by atoms with Gasteiger partial charge in [0.05, 0.1) is 12.8 Å². The van der Waals surface area contributed by atoms with Crippen molar-refractivity contribution in [3.8, 4) is 5.75 Å². The number of hydrogen-bond acceptors (Lipinski definition) is 3. The largest absolute Gasteiger partial charge is 0.495 e. The van der Waals surface area contributed by atoms with Gasteiger partial charge >= 0.3 is 0 Å². The second-order valence-corrected chi connectivity index (χ2v) is 5.21. The first kappa shape index (κ1) is 13.7. The fourth-order valence-corrected chi connectivity index (χ4v) is 2.65. The molecule has 4 nitrogen and oxygen atoms in total. The van der Waals surface area contributed by atoms with Crippen LogP contribution in [0.5, 0.6) is 5.75 Å². The van der Waals surface area contributed by atoms with Crippen LogP contribution in [-0.4, -0.2) is 13.0 Å². The van der Waals surface area contributed by atoms with E-state index in [0.29, 0.717) is 23.8 Å². The zero-order valence-electron chi connectivity index (χ0n) is 11.4. The number of carbonyl (C=O) groups excluding carboxylic acids is 1. The Morgan fingerprint density at radius 3 is 2.79 bits per heavy atom. The molecule has 0 saturated heterocycles. The summed E-state index contributed by atoms with van der Waals surface area (Å²) in [5.74, 6) is 1.22. The molecule has 1 amide bonds. The second-order valence-electron chi connectivity index (χ2n) is 5.21. The highest BCUT2D eigenvalue weighted by Gasteiger charge is 2.17.